The van der Waals surface area contributed by atoms with Crippen LogP contribution in [-0.4, -0.2) is 6.17 Å². The number of rotatable bonds is 7. The molecule has 0 amide bonds. The Labute approximate surface area is 162 Å². The predicted molar refractivity (Wildman–Crippen MR) is 111 cm³/mol. The fourth-order valence-corrected chi connectivity index (χ4v) is 5.15. The van der Waals surface area contributed by atoms with Crippen molar-refractivity contribution in [1.29, 1.82) is 0 Å². The van der Waals surface area contributed by atoms with E-state index in [0.717, 1.165) is 43.7 Å². The fourth-order valence-electron chi connectivity index (χ4n) is 5.15. The van der Waals surface area contributed by atoms with Gasteiger partial charge in [-0.15, -0.1) is 6.58 Å². The highest BCUT2D eigenvalue weighted by Gasteiger charge is 2.48. The first-order valence-corrected chi connectivity index (χ1v) is 10.5. The first-order valence-electron chi connectivity index (χ1n) is 10.5. The summed E-state index contributed by atoms with van der Waals surface area (Å²) in [7, 11) is 0. The Morgan fingerprint density at radius 3 is 2.59 bits per heavy atom. The van der Waals surface area contributed by atoms with Gasteiger partial charge < -0.3 is 0 Å². The lowest BCUT2D eigenvalue weighted by molar-refractivity contribution is 0.0773. The number of allylic oxidation sites excluding steroid dienone is 3. The van der Waals surface area contributed by atoms with E-state index in [9.17, 15) is 0 Å². The van der Waals surface area contributed by atoms with E-state index in [-0.39, 0.29) is 5.92 Å². The van der Waals surface area contributed by atoms with Gasteiger partial charge >= 0.3 is 0 Å². The summed E-state index contributed by atoms with van der Waals surface area (Å²) in [4.78, 5) is 0. The van der Waals surface area contributed by atoms with Gasteiger partial charge in [-0.1, -0.05) is 61.4 Å². The van der Waals surface area contributed by atoms with Crippen LogP contribution in [0.25, 0.3) is 11.9 Å². The van der Waals surface area contributed by atoms with Crippen molar-refractivity contribution in [3.05, 3.63) is 59.5 Å². The Hall–Kier alpha value is -1.70. The molecular formula is C25H32F2. The van der Waals surface area contributed by atoms with E-state index >= 15 is 8.78 Å². The van der Waals surface area contributed by atoms with Crippen LogP contribution in [0.5, 0.6) is 0 Å². The Morgan fingerprint density at radius 2 is 1.89 bits per heavy atom. The summed E-state index contributed by atoms with van der Waals surface area (Å²) in [6, 6.07) is 7.34. The maximum atomic E-state index is 15.6. The van der Waals surface area contributed by atoms with Crippen molar-refractivity contribution in [3.8, 4) is 0 Å². The zero-order valence-corrected chi connectivity index (χ0v) is 16.5. The van der Waals surface area contributed by atoms with Crippen LogP contribution in [-0.2, 0) is 0 Å². The molecule has 1 aromatic carbocycles. The van der Waals surface area contributed by atoms with Crippen molar-refractivity contribution in [2.24, 2.45) is 17.3 Å². The number of fused-ring (bicyclic) bond motifs is 1. The topological polar surface area (TPSA) is 0 Å². The van der Waals surface area contributed by atoms with Gasteiger partial charge in [0.25, 0.3) is 0 Å². The first kappa shape index (κ1) is 20.0. The molecule has 1 fully saturated rings. The van der Waals surface area contributed by atoms with Gasteiger partial charge in [-0.05, 0) is 62.5 Å². The molecule has 0 bridgehead atoms. The standard InChI is InChI=1S/C25H32F2/c1-3-5-9-17-25(21-15-13-19(14-16-21)10-6-4-2)18-20-11-7-8-12-22(20)23(26)24(25)27/h3-5,7-8,11-12,18-19,21,24H,2,6,9-10,13-17H2,1H3/b5-3+. The van der Waals surface area contributed by atoms with Crippen molar-refractivity contribution < 1.29 is 8.78 Å². The molecule has 2 unspecified atom stereocenters. The molecule has 0 heterocycles. The van der Waals surface area contributed by atoms with Gasteiger partial charge in [-0.2, -0.15) is 0 Å². The van der Waals surface area contributed by atoms with E-state index in [1.165, 1.54) is 6.42 Å². The minimum Gasteiger partial charge on any atom is -0.239 e. The van der Waals surface area contributed by atoms with Gasteiger partial charge in [-0.25, -0.2) is 8.78 Å². The SMILES string of the molecule is C=CCCC1CCC(C2(CC/C=C/C)C=c3ccccc3=C(F)C2F)CC1. The van der Waals surface area contributed by atoms with Gasteiger partial charge in [0.05, 0.1) is 0 Å². The van der Waals surface area contributed by atoms with Gasteiger partial charge in [0.2, 0.25) is 0 Å². The van der Waals surface area contributed by atoms with E-state index in [2.05, 4.69) is 18.7 Å². The number of hydrogen-bond donors (Lipinski definition) is 0. The van der Waals surface area contributed by atoms with E-state index in [1.54, 1.807) is 12.1 Å². The Bertz CT molecular complexity index is 783. The van der Waals surface area contributed by atoms with Crippen molar-refractivity contribution in [1.82, 2.24) is 0 Å². The van der Waals surface area contributed by atoms with Crippen LogP contribution in [0.1, 0.15) is 58.3 Å². The second kappa shape index (κ2) is 8.99. The van der Waals surface area contributed by atoms with Crippen molar-refractivity contribution in [3.63, 3.8) is 0 Å². The van der Waals surface area contributed by atoms with Crippen LogP contribution < -0.4 is 10.4 Å². The molecule has 2 aliphatic carbocycles. The minimum atomic E-state index is -1.53. The molecule has 0 spiro atoms. The molecule has 2 aliphatic rings. The normalized spacial score (nSPS) is 30.8. The van der Waals surface area contributed by atoms with Crippen LogP contribution in [0.3, 0.4) is 0 Å². The van der Waals surface area contributed by atoms with Gasteiger partial charge in [0, 0.05) is 10.6 Å². The van der Waals surface area contributed by atoms with Gasteiger partial charge in [0.15, 0.2) is 6.17 Å². The van der Waals surface area contributed by atoms with Crippen LogP contribution in [0, 0.1) is 17.3 Å². The molecule has 0 N–H and O–H groups in total. The summed E-state index contributed by atoms with van der Waals surface area (Å²) < 4.78 is 30.7. The molecule has 2 atom stereocenters. The number of hydrogen-bond acceptors (Lipinski definition) is 0. The van der Waals surface area contributed by atoms with Crippen LogP contribution >= 0.6 is 0 Å². The lowest BCUT2D eigenvalue weighted by Gasteiger charge is -2.45. The third-order valence-corrected chi connectivity index (χ3v) is 6.70. The Kier molecular flexibility index (Phi) is 6.68. The van der Waals surface area contributed by atoms with Crippen LogP contribution in [0.15, 0.2) is 49.1 Å². The monoisotopic (exact) mass is 370 g/mol. The largest absolute Gasteiger partial charge is 0.239 e. The number of halogens is 2. The van der Waals surface area contributed by atoms with Crippen LogP contribution in [0.4, 0.5) is 8.78 Å². The molecule has 3 rings (SSSR count). The summed E-state index contributed by atoms with van der Waals surface area (Å²) >= 11 is 0. The van der Waals surface area contributed by atoms with Crippen molar-refractivity contribution >= 4 is 11.9 Å². The molecule has 0 aliphatic heterocycles. The summed E-state index contributed by atoms with van der Waals surface area (Å²) in [6.45, 7) is 5.80. The Morgan fingerprint density at radius 1 is 1.15 bits per heavy atom. The molecule has 0 saturated heterocycles. The van der Waals surface area contributed by atoms with Gasteiger partial charge in [-0.3, -0.25) is 0 Å². The van der Waals surface area contributed by atoms with E-state index < -0.39 is 17.4 Å². The summed E-state index contributed by atoms with van der Waals surface area (Å²) in [5.74, 6) is 0.341. The molecule has 2 heteroatoms. The summed E-state index contributed by atoms with van der Waals surface area (Å²) in [5, 5.41) is 1.30. The smallest absolute Gasteiger partial charge is 0.161 e. The molecule has 1 saturated carbocycles. The zero-order chi connectivity index (χ0) is 19.3. The second-order valence-corrected chi connectivity index (χ2v) is 8.25. The highest BCUT2D eigenvalue weighted by atomic mass is 19.2. The highest BCUT2D eigenvalue weighted by molar-refractivity contribution is 5.55. The average Bonchev–Trinajstić information content (AvgIpc) is 2.70. The molecule has 1 aromatic rings. The fraction of sp³-hybridized carbons (Fsp3) is 0.520. The summed E-state index contributed by atoms with van der Waals surface area (Å²) in [5.41, 5.74) is -0.721. The molecule has 0 aromatic heterocycles. The number of alkyl halides is 1. The minimum absolute atomic E-state index is 0.205. The molecule has 0 nitrogen and oxygen atoms in total. The first-order chi connectivity index (χ1) is 13.1. The molecule has 0 radical (unpaired) electrons. The lowest BCUT2D eigenvalue weighted by Crippen LogP contribution is -2.48. The zero-order valence-electron chi connectivity index (χ0n) is 16.5. The Balaban J connectivity index is 1.92. The van der Waals surface area contributed by atoms with E-state index in [0.29, 0.717) is 17.6 Å². The number of benzene rings is 1. The predicted octanol–water partition coefficient (Wildman–Crippen LogP) is 6.01. The average molecular weight is 371 g/mol. The molecule has 146 valence electrons. The van der Waals surface area contributed by atoms with E-state index in [1.807, 2.05) is 31.2 Å². The van der Waals surface area contributed by atoms with E-state index in [4.69, 9.17) is 0 Å². The van der Waals surface area contributed by atoms with Crippen LogP contribution in [0.2, 0.25) is 0 Å². The lowest BCUT2D eigenvalue weighted by atomic mass is 9.60. The second-order valence-electron chi connectivity index (χ2n) is 8.25. The molecule has 27 heavy (non-hydrogen) atoms. The summed E-state index contributed by atoms with van der Waals surface area (Å²) in [6.07, 6.45) is 14.5. The molecular weight excluding hydrogens is 338 g/mol. The highest BCUT2D eigenvalue weighted by Crippen LogP contribution is 2.51. The third-order valence-electron chi connectivity index (χ3n) is 6.70. The maximum absolute atomic E-state index is 15.6. The maximum Gasteiger partial charge on any atom is 0.161 e. The third kappa shape index (κ3) is 4.10. The van der Waals surface area contributed by atoms with Gasteiger partial charge in [0.1, 0.15) is 5.83 Å². The quantitative estimate of drug-likeness (QED) is 0.516. The van der Waals surface area contributed by atoms with Crippen molar-refractivity contribution in [2.75, 3.05) is 0 Å². The van der Waals surface area contributed by atoms with Crippen molar-refractivity contribution in [2.45, 2.75) is 64.5 Å².